The number of imidazole rings is 1. The maximum absolute atomic E-state index is 12.1. The Balaban J connectivity index is 1.97. The van der Waals surface area contributed by atoms with Crippen molar-refractivity contribution in [2.45, 2.75) is 18.9 Å². The molecular formula is C13H20N6O2. The lowest BCUT2D eigenvalue weighted by Crippen LogP contribution is -2.42. The molecule has 0 amide bonds. The van der Waals surface area contributed by atoms with Gasteiger partial charge in [0.05, 0.1) is 0 Å². The van der Waals surface area contributed by atoms with E-state index in [1.54, 1.807) is 7.05 Å². The molecular weight excluding hydrogens is 272 g/mol. The van der Waals surface area contributed by atoms with Crippen molar-refractivity contribution in [3.05, 3.63) is 20.8 Å². The van der Waals surface area contributed by atoms with Gasteiger partial charge in [-0.15, -0.1) is 0 Å². The fourth-order valence-electron chi connectivity index (χ4n) is 2.90. The Morgan fingerprint density at radius 3 is 2.62 bits per heavy atom. The van der Waals surface area contributed by atoms with Crippen LogP contribution in [0.15, 0.2) is 9.59 Å². The summed E-state index contributed by atoms with van der Waals surface area (Å²) in [6.07, 6.45) is 2.04. The molecule has 0 aromatic carbocycles. The molecule has 1 saturated carbocycles. The lowest BCUT2D eigenvalue weighted by molar-refractivity contribution is 0.270. The Labute approximate surface area is 121 Å². The largest absolute Gasteiger partial charge is 0.345 e. The third-order valence-corrected chi connectivity index (χ3v) is 4.25. The summed E-state index contributed by atoms with van der Waals surface area (Å²) in [5.41, 5.74) is 5.80. The molecule has 0 saturated heterocycles. The van der Waals surface area contributed by atoms with E-state index in [2.05, 4.69) is 9.97 Å². The second-order valence-electron chi connectivity index (χ2n) is 5.94. The van der Waals surface area contributed by atoms with Crippen LogP contribution in [0.2, 0.25) is 0 Å². The maximum Gasteiger partial charge on any atom is 0.332 e. The molecule has 1 aliphatic carbocycles. The standard InChI is InChI=1S/C13H20N6O2/c1-17(6-7-4-8(14)5-7)12-15-9-10(16-12)18(2)13(21)19(3)11(9)20/h7-8H,4-6,14H2,1-3H3,(H,15,16). The van der Waals surface area contributed by atoms with Crippen LogP contribution in [0.25, 0.3) is 11.2 Å². The minimum absolute atomic E-state index is 0.312. The number of hydrogen-bond donors (Lipinski definition) is 2. The van der Waals surface area contributed by atoms with Gasteiger partial charge in [-0.3, -0.25) is 13.9 Å². The molecule has 1 fully saturated rings. The lowest BCUT2D eigenvalue weighted by Gasteiger charge is -2.35. The number of aryl methyl sites for hydroxylation is 1. The molecule has 3 rings (SSSR count). The fraction of sp³-hybridized carbons (Fsp3) is 0.615. The molecule has 114 valence electrons. The first kappa shape index (κ1) is 13.9. The van der Waals surface area contributed by atoms with Gasteiger partial charge >= 0.3 is 5.69 Å². The summed E-state index contributed by atoms with van der Waals surface area (Å²) in [7, 11) is 4.99. The summed E-state index contributed by atoms with van der Waals surface area (Å²) >= 11 is 0. The van der Waals surface area contributed by atoms with E-state index in [0.717, 1.165) is 24.0 Å². The van der Waals surface area contributed by atoms with E-state index in [-0.39, 0.29) is 11.2 Å². The molecule has 8 heteroatoms. The smallest absolute Gasteiger partial charge is 0.332 e. The molecule has 8 nitrogen and oxygen atoms in total. The van der Waals surface area contributed by atoms with Crippen molar-refractivity contribution in [2.24, 2.45) is 25.7 Å². The van der Waals surface area contributed by atoms with Gasteiger partial charge in [0.1, 0.15) is 0 Å². The summed E-state index contributed by atoms with van der Waals surface area (Å²) in [5, 5.41) is 0. The van der Waals surface area contributed by atoms with Crippen LogP contribution in [0.1, 0.15) is 12.8 Å². The van der Waals surface area contributed by atoms with Gasteiger partial charge in [0.15, 0.2) is 11.2 Å². The molecule has 2 aromatic rings. The first-order valence-electron chi connectivity index (χ1n) is 7.01. The van der Waals surface area contributed by atoms with E-state index in [1.165, 1.54) is 11.6 Å². The van der Waals surface area contributed by atoms with Gasteiger partial charge in [-0.2, -0.15) is 4.98 Å². The molecule has 21 heavy (non-hydrogen) atoms. The molecule has 1 aliphatic rings. The Morgan fingerprint density at radius 2 is 2.00 bits per heavy atom. The number of anilines is 1. The molecule has 0 aliphatic heterocycles. The Kier molecular flexibility index (Phi) is 3.12. The molecule has 0 radical (unpaired) electrons. The first-order valence-corrected chi connectivity index (χ1v) is 7.01. The first-order chi connectivity index (χ1) is 9.88. The maximum atomic E-state index is 12.1. The van der Waals surface area contributed by atoms with Crippen LogP contribution in [0.5, 0.6) is 0 Å². The number of rotatable bonds is 3. The van der Waals surface area contributed by atoms with Crippen molar-refractivity contribution in [2.75, 3.05) is 18.5 Å². The van der Waals surface area contributed by atoms with Crippen molar-refractivity contribution in [3.63, 3.8) is 0 Å². The van der Waals surface area contributed by atoms with Crippen LogP contribution in [0, 0.1) is 5.92 Å². The number of aromatic amines is 1. The minimum atomic E-state index is -0.377. The highest BCUT2D eigenvalue weighted by Gasteiger charge is 2.27. The second kappa shape index (κ2) is 4.73. The zero-order chi connectivity index (χ0) is 15.3. The monoisotopic (exact) mass is 292 g/mol. The van der Waals surface area contributed by atoms with Crippen molar-refractivity contribution >= 4 is 17.1 Å². The van der Waals surface area contributed by atoms with Crippen molar-refractivity contribution in [1.82, 2.24) is 19.1 Å². The van der Waals surface area contributed by atoms with E-state index in [9.17, 15) is 9.59 Å². The zero-order valence-electron chi connectivity index (χ0n) is 12.5. The number of nitrogens with zero attached hydrogens (tertiary/aromatic N) is 4. The molecule has 3 N–H and O–H groups in total. The number of aromatic nitrogens is 4. The zero-order valence-corrected chi connectivity index (χ0v) is 12.5. The molecule has 0 spiro atoms. The van der Waals surface area contributed by atoms with Crippen LogP contribution in [-0.2, 0) is 14.1 Å². The van der Waals surface area contributed by atoms with E-state index in [1.807, 2.05) is 11.9 Å². The Morgan fingerprint density at radius 1 is 1.33 bits per heavy atom. The van der Waals surface area contributed by atoms with Gasteiger partial charge in [-0.05, 0) is 18.8 Å². The van der Waals surface area contributed by atoms with Crippen LogP contribution in [-0.4, -0.2) is 38.7 Å². The minimum Gasteiger partial charge on any atom is -0.345 e. The molecule has 0 atom stereocenters. The highest BCUT2D eigenvalue weighted by atomic mass is 16.2. The number of hydrogen-bond acceptors (Lipinski definition) is 5. The van der Waals surface area contributed by atoms with E-state index in [0.29, 0.717) is 29.1 Å². The van der Waals surface area contributed by atoms with E-state index < -0.39 is 0 Å². The number of H-pyrrole nitrogens is 1. The predicted octanol–water partition coefficient (Wildman–Crippen LogP) is -0.866. The average molecular weight is 292 g/mol. The van der Waals surface area contributed by atoms with Crippen LogP contribution >= 0.6 is 0 Å². The number of fused-ring (bicyclic) bond motifs is 1. The van der Waals surface area contributed by atoms with Gasteiger partial charge in [0, 0.05) is 33.7 Å². The third kappa shape index (κ3) is 2.15. The normalized spacial score (nSPS) is 21.5. The summed E-state index contributed by atoms with van der Waals surface area (Å²) < 4.78 is 2.46. The Bertz CT molecular complexity index is 795. The summed E-state index contributed by atoms with van der Waals surface area (Å²) in [6, 6.07) is 0.312. The summed E-state index contributed by atoms with van der Waals surface area (Å²) in [5.74, 6) is 1.16. The Hall–Kier alpha value is -2.09. The molecule has 0 bridgehead atoms. The van der Waals surface area contributed by atoms with Crippen LogP contribution in [0.3, 0.4) is 0 Å². The molecule has 0 unspecified atom stereocenters. The number of nitrogens with one attached hydrogen (secondary N) is 1. The van der Waals surface area contributed by atoms with Gasteiger partial charge in [0.25, 0.3) is 5.56 Å². The summed E-state index contributed by atoms with van der Waals surface area (Å²) in [6.45, 7) is 0.835. The van der Waals surface area contributed by atoms with Crippen molar-refractivity contribution in [3.8, 4) is 0 Å². The SMILES string of the molecule is CN(CC1CC(N)C1)c1nc2c([nH]1)c(=O)n(C)c(=O)n2C. The predicted molar refractivity (Wildman–Crippen MR) is 80.5 cm³/mol. The van der Waals surface area contributed by atoms with E-state index >= 15 is 0 Å². The van der Waals surface area contributed by atoms with Crippen LogP contribution in [0.4, 0.5) is 5.95 Å². The topological polar surface area (TPSA) is 102 Å². The molecule has 2 heterocycles. The van der Waals surface area contributed by atoms with Crippen LogP contribution < -0.4 is 21.9 Å². The highest BCUT2D eigenvalue weighted by molar-refractivity contribution is 5.72. The van der Waals surface area contributed by atoms with Gasteiger partial charge in [-0.25, -0.2) is 4.79 Å². The van der Waals surface area contributed by atoms with Crippen molar-refractivity contribution < 1.29 is 0 Å². The van der Waals surface area contributed by atoms with Gasteiger partial charge < -0.3 is 15.6 Å². The van der Waals surface area contributed by atoms with Gasteiger partial charge in [0.2, 0.25) is 5.95 Å². The lowest BCUT2D eigenvalue weighted by atomic mass is 9.81. The summed E-state index contributed by atoms with van der Waals surface area (Å²) in [4.78, 5) is 33.4. The van der Waals surface area contributed by atoms with E-state index in [4.69, 9.17) is 5.73 Å². The molecule has 2 aromatic heterocycles. The number of nitrogens with two attached hydrogens (primary N) is 1. The average Bonchev–Trinajstić information content (AvgIpc) is 2.86. The van der Waals surface area contributed by atoms with Crippen molar-refractivity contribution in [1.29, 1.82) is 0 Å². The van der Waals surface area contributed by atoms with Gasteiger partial charge in [-0.1, -0.05) is 0 Å². The third-order valence-electron chi connectivity index (χ3n) is 4.25. The fourth-order valence-corrected chi connectivity index (χ4v) is 2.90. The quantitative estimate of drug-likeness (QED) is 0.766. The highest BCUT2D eigenvalue weighted by Crippen LogP contribution is 2.27. The second-order valence-corrected chi connectivity index (χ2v) is 5.94.